The zero-order chi connectivity index (χ0) is 12.1. The van der Waals surface area contributed by atoms with E-state index in [9.17, 15) is 4.79 Å². The maximum absolute atomic E-state index is 11.7. The van der Waals surface area contributed by atoms with Crippen LogP contribution >= 0.6 is 11.3 Å². The van der Waals surface area contributed by atoms with Crippen molar-refractivity contribution in [3.05, 3.63) is 52.2 Å². The Balaban J connectivity index is 1.94. The van der Waals surface area contributed by atoms with Gasteiger partial charge < -0.3 is 5.32 Å². The molecule has 0 bridgehead atoms. The quantitative estimate of drug-likeness (QED) is 0.839. The Bertz CT molecular complexity index is 538. The summed E-state index contributed by atoms with van der Waals surface area (Å²) < 4.78 is 0. The summed E-state index contributed by atoms with van der Waals surface area (Å²) in [5, 5.41) is 13.6. The van der Waals surface area contributed by atoms with Gasteiger partial charge in [-0.2, -0.15) is 5.26 Å². The van der Waals surface area contributed by atoms with Crippen molar-refractivity contribution in [1.29, 1.82) is 5.26 Å². The molecular formula is C13H10N2OS. The zero-order valence-corrected chi connectivity index (χ0v) is 9.83. The third-order valence-corrected chi connectivity index (χ3v) is 3.17. The number of rotatable bonds is 4. The minimum absolute atomic E-state index is 0.0735. The number of anilines is 1. The number of carbonyl (C=O) groups excluding carboxylic acids is 1. The largest absolute Gasteiger partial charge is 0.378 e. The summed E-state index contributed by atoms with van der Waals surface area (Å²) >= 11 is 1.44. The topological polar surface area (TPSA) is 52.9 Å². The van der Waals surface area contributed by atoms with Gasteiger partial charge in [0.2, 0.25) is 0 Å². The highest BCUT2D eigenvalue weighted by atomic mass is 32.1. The molecule has 2 aromatic rings. The molecule has 0 saturated carbocycles. The number of ketones is 1. The molecule has 0 aliphatic heterocycles. The van der Waals surface area contributed by atoms with Crippen LogP contribution < -0.4 is 5.32 Å². The standard InChI is InChI=1S/C13H10N2OS/c14-8-10-3-5-11(6-4-10)15-9-12(16)13-2-1-7-17-13/h1-7,15H,9H2. The summed E-state index contributed by atoms with van der Waals surface area (Å²) in [5.41, 5.74) is 1.45. The Labute approximate surface area is 103 Å². The first-order chi connectivity index (χ1) is 8.29. The summed E-state index contributed by atoms with van der Waals surface area (Å²) in [7, 11) is 0. The van der Waals surface area contributed by atoms with Gasteiger partial charge in [-0.1, -0.05) is 6.07 Å². The highest BCUT2D eigenvalue weighted by molar-refractivity contribution is 7.12. The maximum atomic E-state index is 11.7. The lowest BCUT2D eigenvalue weighted by molar-refractivity contribution is 0.101. The monoisotopic (exact) mass is 242 g/mol. The molecule has 3 nitrogen and oxygen atoms in total. The van der Waals surface area contributed by atoms with E-state index in [4.69, 9.17) is 5.26 Å². The van der Waals surface area contributed by atoms with E-state index >= 15 is 0 Å². The molecule has 0 saturated heterocycles. The molecule has 0 atom stereocenters. The molecular weight excluding hydrogens is 232 g/mol. The molecule has 1 heterocycles. The van der Waals surface area contributed by atoms with E-state index < -0.39 is 0 Å². The van der Waals surface area contributed by atoms with Crippen molar-refractivity contribution >= 4 is 22.8 Å². The van der Waals surface area contributed by atoms with Crippen molar-refractivity contribution in [3.8, 4) is 6.07 Å². The second-order valence-corrected chi connectivity index (χ2v) is 4.39. The number of nitriles is 1. The number of nitrogens with one attached hydrogen (secondary N) is 1. The predicted molar refractivity (Wildman–Crippen MR) is 68.3 cm³/mol. The molecule has 1 N–H and O–H groups in total. The Morgan fingerprint density at radius 2 is 2.06 bits per heavy atom. The Morgan fingerprint density at radius 3 is 2.65 bits per heavy atom. The summed E-state index contributed by atoms with van der Waals surface area (Å²) in [6, 6.07) is 12.7. The molecule has 2 rings (SSSR count). The highest BCUT2D eigenvalue weighted by Crippen LogP contribution is 2.11. The number of thiophene rings is 1. The van der Waals surface area contributed by atoms with Crippen LogP contribution in [0.15, 0.2) is 41.8 Å². The van der Waals surface area contributed by atoms with Gasteiger partial charge >= 0.3 is 0 Å². The molecule has 84 valence electrons. The minimum atomic E-state index is 0.0735. The summed E-state index contributed by atoms with van der Waals surface area (Å²) in [6.07, 6.45) is 0. The first kappa shape index (κ1) is 11.4. The van der Waals surface area contributed by atoms with Crippen LogP contribution in [0.3, 0.4) is 0 Å². The van der Waals surface area contributed by atoms with Crippen LogP contribution in [0.5, 0.6) is 0 Å². The Kier molecular flexibility index (Phi) is 3.53. The van der Waals surface area contributed by atoms with Crippen molar-refractivity contribution in [1.82, 2.24) is 0 Å². The fourth-order valence-corrected chi connectivity index (χ4v) is 2.03. The highest BCUT2D eigenvalue weighted by Gasteiger charge is 2.05. The molecule has 0 radical (unpaired) electrons. The lowest BCUT2D eigenvalue weighted by Gasteiger charge is -2.04. The van der Waals surface area contributed by atoms with Crippen molar-refractivity contribution in [2.45, 2.75) is 0 Å². The van der Waals surface area contributed by atoms with Crippen LogP contribution in [0.4, 0.5) is 5.69 Å². The Morgan fingerprint density at radius 1 is 1.29 bits per heavy atom. The van der Waals surface area contributed by atoms with Gasteiger partial charge in [0.25, 0.3) is 0 Å². The summed E-state index contributed by atoms with van der Waals surface area (Å²) in [4.78, 5) is 12.5. The maximum Gasteiger partial charge on any atom is 0.191 e. The van der Waals surface area contributed by atoms with Gasteiger partial charge in [-0.05, 0) is 35.7 Å². The van der Waals surface area contributed by atoms with Crippen LogP contribution in [0.2, 0.25) is 0 Å². The second-order valence-electron chi connectivity index (χ2n) is 3.44. The number of Topliss-reactive ketones (excluding diaryl/α,β-unsaturated/α-hetero) is 1. The number of hydrogen-bond donors (Lipinski definition) is 1. The van der Waals surface area contributed by atoms with Crippen LogP contribution in [0.25, 0.3) is 0 Å². The molecule has 17 heavy (non-hydrogen) atoms. The lowest BCUT2D eigenvalue weighted by Crippen LogP contribution is -2.12. The van der Waals surface area contributed by atoms with Crippen LogP contribution in [-0.4, -0.2) is 12.3 Å². The molecule has 0 fully saturated rings. The van der Waals surface area contributed by atoms with E-state index in [0.717, 1.165) is 10.6 Å². The third kappa shape index (κ3) is 2.92. The summed E-state index contributed by atoms with van der Waals surface area (Å²) in [6.45, 7) is 0.270. The van der Waals surface area contributed by atoms with E-state index in [0.29, 0.717) is 5.56 Å². The van der Waals surface area contributed by atoms with Crippen LogP contribution in [0, 0.1) is 11.3 Å². The summed E-state index contributed by atoms with van der Waals surface area (Å²) in [5.74, 6) is 0.0735. The first-order valence-electron chi connectivity index (χ1n) is 5.10. The van der Waals surface area contributed by atoms with E-state index in [-0.39, 0.29) is 12.3 Å². The average Bonchev–Trinajstić information content (AvgIpc) is 2.90. The smallest absolute Gasteiger partial charge is 0.191 e. The fraction of sp³-hybridized carbons (Fsp3) is 0.0769. The van der Waals surface area contributed by atoms with E-state index in [1.165, 1.54) is 11.3 Å². The molecule has 1 aromatic carbocycles. The van der Waals surface area contributed by atoms with Gasteiger partial charge in [0, 0.05) is 5.69 Å². The molecule has 0 unspecified atom stereocenters. The predicted octanol–water partition coefficient (Wildman–Crippen LogP) is 2.91. The van der Waals surface area contributed by atoms with Gasteiger partial charge in [0.1, 0.15) is 0 Å². The van der Waals surface area contributed by atoms with E-state index in [1.807, 2.05) is 23.6 Å². The number of benzene rings is 1. The van der Waals surface area contributed by atoms with E-state index in [1.54, 1.807) is 24.3 Å². The number of hydrogen-bond acceptors (Lipinski definition) is 4. The van der Waals surface area contributed by atoms with Crippen molar-refractivity contribution in [2.75, 3.05) is 11.9 Å². The van der Waals surface area contributed by atoms with Gasteiger partial charge in [0.05, 0.1) is 23.1 Å². The van der Waals surface area contributed by atoms with Crippen LogP contribution in [-0.2, 0) is 0 Å². The minimum Gasteiger partial charge on any atom is -0.378 e. The van der Waals surface area contributed by atoms with Gasteiger partial charge in [0.15, 0.2) is 5.78 Å². The molecule has 0 aliphatic carbocycles. The zero-order valence-electron chi connectivity index (χ0n) is 9.01. The molecule has 0 amide bonds. The molecule has 4 heteroatoms. The van der Waals surface area contributed by atoms with Crippen LogP contribution in [0.1, 0.15) is 15.2 Å². The van der Waals surface area contributed by atoms with Crippen molar-refractivity contribution < 1.29 is 4.79 Å². The fourth-order valence-electron chi connectivity index (χ4n) is 1.37. The molecule has 0 aliphatic rings. The van der Waals surface area contributed by atoms with Crippen molar-refractivity contribution in [3.63, 3.8) is 0 Å². The number of nitrogens with zero attached hydrogens (tertiary/aromatic N) is 1. The van der Waals surface area contributed by atoms with Crippen molar-refractivity contribution in [2.24, 2.45) is 0 Å². The third-order valence-electron chi connectivity index (χ3n) is 2.26. The Hall–Kier alpha value is -2.12. The lowest BCUT2D eigenvalue weighted by atomic mass is 10.2. The number of carbonyl (C=O) groups is 1. The second kappa shape index (κ2) is 5.28. The average molecular weight is 242 g/mol. The van der Waals surface area contributed by atoms with Gasteiger partial charge in [-0.25, -0.2) is 0 Å². The molecule has 0 spiro atoms. The van der Waals surface area contributed by atoms with E-state index in [2.05, 4.69) is 5.32 Å². The SMILES string of the molecule is N#Cc1ccc(NCC(=O)c2cccs2)cc1. The normalized spacial score (nSPS) is 9.59. The van der Waals surface area contributed by atoms with Gasteiger partial charge in [-0.3, -0.25) is 4.79 Å². The van der Waals surface area contributed by atoms with Gasteiger partial charge in [-0.15, -0.1) is 11.3 Å². The first-order valence-corrected chi connectivity index (χ1v) is 5.98. The molecule has 1 aromatic heterocycles.